The molecule has 0 amide bonds. The number of allylic oxidation sites excluding steroid dienone is 1. The summed E-state index contributed by atoms with van der Waals surface area (Å²) in [6.07, 6.45) is 7.53. The van der Waals surface area contributed by atoms with Crippen molar-refractivity contribution in [2.75, 3.05) is 7.05 Å². The van der Waals surface area contributed by atoms with Gasteiger partial charge >= 0.3 is 0 Å². The number of unbranched alkanes of at least 4 members (excludes halogenated alkanes) is 1. The summed E-state index contributed by atoms with van der Waals surface area (Å²) in [5.41, 5.74) is 12.8. The summed E-state index contributed by atoms with van der Waals surface area (Å²) >= 11 is 0. The molecule has 0 spiro atoms. The first-order chi connectivity index (χ1) is 11.3. The summed E-state index contributed by atoms with van der Waals surface area (Å²) < 4.78 is 0. The molecule has 0 bridgehead atoms. The molecule has 2 aromatic carbocycles. The predicted molar refractivity (Wildman–Crippen MR) is 98.8 cm³/mol. The van der Waals surface area contributed by atoms with Gasteiger partial charge in [0.15, 0.2) is 0 Å². The smallest absolute Gasteiger partial charge is 0.0933 e. The van der Waals surface area contributed by atoms with Crippen LogP contribution in [0.25, 0.3) is 5.57 Å². The normalized spacial score (nSPS) is 14.0. The Morgan fingerprint density at radius 2 is 1.57 bits per heavy atom. The highest BCUT2D eigenvalue weighted by atomic mass is 14.8. The van der Waals surface area contributed by atoms with E-state index in [9.17, 15) is 0 Å². The van der Waals surface area contributed by atoms with Gasteiger partial charge in [-0.15, -0.1) is 0 Å². The predicted octanol–water partition coefficient (Wildman–Crippen LogP) is 4.37. The van der Waals surface area contributed by atoms with Crippen LogP contribution in [0, 0.1) is 0 Å². The average Bonchev–Trinajstić information content (AvgIpc) is 2.76. The van der Waals surface area contributed by atoms with E-state index in [2.05, 4.69) is 59.6 Å². The van der Waals surface area contributed by atoms with Crippen molar-refractivity contribution >= 4 is 11.4 Å². The summed E-state index contributed by atoms with van der Waals surface area (Å²) in [7, 11) is 1.76. The molecule has 0 atom stereocenters. The lowest BCUT2D eigenvalue weighted by Gasteiger charge is -2.12. The number of nitrogens with two attached hydrogens (primary N) is 1. The molecule has 0 unspecified atom stereocenters. The fraction of sp³-hybridized carbons (Fsp3) is 0.286. The van der Waals surface area contributed by atoms with Crippen molar-refractivity contribution in [2.45, 2.75) is 32.1 Å². The lowest BCUT2D eigenvalue weighted by Crippen LogP contribution is -2.10. The van der Waals surface area contributed by atoms with Crippen LogP contribution in [0.4, 0.5) is 0 Å². The highest BCUT2D eigenvalue weighted by Gasteiger charge is 2.16. The molecule has 1 aliphatic rings. The van der Waals surface area contributed by atoms with Gasteiger partial charge in [-0.25, -0.2) is 0 Å². The molecule has 0 saturated heterocycles. The third kappa shape index (κ3) is 3.53. The van der Waals surface area contributed by atoms with Crippen LogP contribution in [0.15, 0.2) is 59.6 Å². The van der Waals surface area contributed by atoms with Crippen molar-refractivity contribution in [3.05, 3.63) is 76.9 Å². The zero-order valence-corrected chi connectivity index (χ0v) is 13.8. The first kappa shape index (κ1) is 15.5. The number of rotatable bonds is 4. The van der Waals surface area contributed by atoms with E-state index in [4.69, 9.17) is 5.73 Å². The molecule has 0 aromatic heterocycles. The zero-order valence-electron chi connectivity index (χ0n) is 13.8. The lowest BCUT2D eigenvalue weighted by molar-refractivity contribution is 0.887. The van der Waals surface area contributed by atoms with Crippen molar-refractivity contribution in [1.29, 1.82) is 0 Å². The molecular weight excluding hydrogens is 280 g/mol. The van der Waals surface area contributed by atoms with Crippen LogP contribution in [0.3, 0.4) is 0 Å². The Labute approximate surface area is 138 Å². The molecule has 2 heteroatoms. The summed E-state index contributed by atoms with van der Waals surface area (Å²) in [6, 6.07) is 17.6. The summed E-state index contributed by atoms with van der Waals surface area (Å²) in [4.78, 5) is 4.03. The maximum absolute atomic E-state index is 5.80. The Bertz CT molecular complexity index is 692. The fourth-order valence-corrected chi connectivity index (χ4v) is 3.28. The molecule has 2 N–H and O–H groups in total. The lowest BCUT2D eigenvalue weighted by atomic mass is 9.93. The summed E-state index contributed by atoms with van der Waals surface area (Å²) in [6.45, 7) is 0. The maximum atomic E-state index is 5.80. The van der Waals surface area contributed by atoms with Crippen LogP contribution < -0.4 is 5.73 Å². The van der Waals surface area contributed by atoms with Crippen LogP contribution in [0.1, 0.15) is 41.5 Å². The minimum Gasteiger partial charge on any atom is -0.387 e. The molecular formula is C21H24N2. The standard InChI is InChI=1S/C21H24N2/c1-23-21(22)13-7-6-12-20-18-10-4-2-8-16(18)14-15-17-9-3-5-11-19(17)20/h2-5,8-12H,6-7,13-15H2,1H3,(H2,22,23). The summed E-state index contributed by atoms with van der Waals surface area (Å²) in [5, 5.41) is 0. The van der Waals surface area contributed by atoms with Crippen LogP contribution in [0.2, 0.25) is 0 Å². The van der Waals surface area contributed by atoms with E-state index < -0.39 is 0 Å². The topological polar surface area (TPSA) is 38.4 Å². The van der Waals surface area contributed by atoms with Gasteiger partial charge < -0.3 is 5.73 Å². The van der Waals surface area contributed by atoms with Gasteiger partial charge in [0.25, 0.3) is 0 Å². The highest BCUT2D eigenvalue weighted by Crippen LogP contribution is 2.33. The van der Waals surface area contributed by atoms with E-state index in [1.54, 1.807) is 7.05 Å². The van der Waals surface area contributed by atoms with Gasteiger partial charge in [0.1, 0.15) is 0 Å². The van der Waals surface area contributed by atoms with Gasteiger partial charge in [-0.2, -0.15) is 0 Å². The van der Waals surface area contributed by atoms with Crippen LogP contribution in [-0.4, -0.2) is 12.9 Å². The number of nitrogens with zero attached hydrogens (tertiary/aromatic N) is 1. The maximum Gasteiger partial charge on any atom is 0.0933 e. The van der Waals surface area contributed by atoms with Crippen molar-refractivity contribution in [1.82, 2.24) is 0 Å². The van der Waals surface area contributed by atoms with E-state index in [1.807, 2.05) is 0 Å². The van der Waals surface area contributed by atoms with Crippen LogP contribution in [0.5, 0.6) is 0 Å². The fourth-order valence-electron chi connectivity index (χ4n) is 3.28. The van der Waals surface area contributed by atoms with Gasteiger partial charge in [-0.05, 0) is 53.5 Å². The van der Waals surface area contributed by atoms with Crippen LogP contribution in [-0.2, 0) is 12.8 Å². The number of amidine groups is 1. The molecule has 118 valence electrons. The Balaban J connectivity index is 1.93. The molecule has 23 heavy (non-hydrogen) atoms. The molecule has 0 heterocycles. The molecule has 1 aliphatic carbocycles. The molecule has 2 aromatic rings. The van der Waals surface area contributed by atoms with Gasteiger partial charge in [0, 0.05) is 13.5 Å². The Morgan fingerprint density at radius 1 is 1.00 bits per heavy atom. The molecule has 3 rings (SSSR count). The molecule has 0 saturated carbocycles. The summed E-state index contributed by atoms with van der Waals surface area (Å²) in [5.74, 6) is 0.741. The van der Waals surface area contributed by atoms with Crippen molar-refractivity contribution in [3.8, 4) is 0 Å². The molecule has 2 nitrogen and oxygen atoms in total. The van der Waals surface area contributed by atoms with Crippen molar-refractivity contribution < 1.29 is 0 Å². The minimum absolute atomic E-state index is 0.741. The van der Waals surface area contributed by atoms with Crippen molar-refractivity contribution in [3.63, 3.8) is 0 Å². The van der Waals surface area contributed by atoms with Gasteiger partial charge in [0.05, 0.1) is 5.84 Å². The number of aliphatic imine (C=N–C) groups is 1. The Kier molecular flexibility index (Phi) is 4.92. The number of hydrogen-bond acceptors (Lipinski definition) is 1. The van der Waals surface area contributed by atoms with Gasteiger partial charge in [-0.3, -0.25) is 4.99 Å². The quantitative estimate of drug-likeness (QED) is 0.508. The van der Waals surface area contributed by atoms with Gasteiger partial charge in [-0.1, -0.05) is 54.6 Å². The second-order valence-corrected chi connectivity index (χ2v) is 6.04. The Hall–Kier alpha value is -2.35. The van der Waals surface area contributed by atoms with Crippen LogP contribution >= 0.6 is 0 Å². The van der Waals surface area contributed by atoms with E-state index in [0.717, 1.165) is 37.9 Å². The zero-order chi connectivity index (χ0) is 16.1. The van der Waals surface area contributed by atoms with Crippen molar-refractivity contribution in [2.24, 2.45) is 10.7 Å². The van der Waals surface area contributed by atoms with E-state index in [0.29, 0.717) is 0 Å². The number of hydrogen-bond donors (Lipinski definition) is 1. The molecule has 0 fully saturated rings. The SMILES string of the molecule is CN=C(N)CCCC=C1c2ccccc2CCc2ccccc21. The third-order valence-electron chi connectivity index (χ3n) is 4.55. The first-order valence-corrected chi connectivity index (χ1v) is 8.37. The average molecular weight is 304 g/mol. The third-order valence-corrected chi connectivity index (χ3v) is 4.55. The monoisotopic (exact) mass is 304 g/mol. The van der Waals surface area contributed by atoms with Gasteiger partial charge in [0.2, 0.25) is 0 Å². The van der Waals surface area contributed by atoms with E-state index >= 15 is 0 Å². The molecule has 0 radical (unpaired) electrons. The number of benzene rings is 2. The molecule has 0 aliphatic heterocycles. The number of fused-ring (bicyclic) bond motifs is 2. The Morgan fingerprint density at radius 3 is 2.13 bits per heavy atom. The second kappa shape index (κ2) is 7.28. The van der Waals surface area contributed by atoms with E-state index in [1.165, 1.54) is 27.8 Å². The number of aryl methyl sites for hydroxylation is 2. The minimum atomic E-state index is 0.741. The second-order valence-electron chi connectivity index (χ2n) is 6.04. The largest absolute Gasteiger partial charge is 0.387 e. The first-order valence-electron chi connectivity index (χ1n) is 8.37. The van der Waals surface area contributed by atoms with E-state index in [-0.39, 0.29) is 0 Å². The highest BCUT2D eigenvalue weighted by molar-refractivity contribution is 5.84.